The minimum Gasteiger partial charge on any atom is -0.463 e. The van der Waals surface area contributed by atoms with Gasteiger partial charge in [-0.05, 0) is 116 Å². The van der Waals surface area contributed by atoms with Crippen LogP contribution in [0.25, 0.3) is 0 Å². The number of aliphatic hydroxyl groups is 1. The average molecular weight is 433 g/mol. The second-order valence-electron chi connectivity index (χ2n) is 12.5. The Kier molecular flexibility index (Phi) is 6.84. The highest BCUT2D eigenvalue weighted by molar-refractivity contribution is 5.66. The SMILES string of the molecule is CC[C@H]1CC2C3CC[C@H]([C@H](C)CCCO)[C@@]3(C)CCC2[C@@]2(C)CC[C@@H](OC(C)=O)C[C@@H]12. The van der Waals surface area contributed by atoms with E-state index >= 15 is 0 Å². The third kappa shape index (κ3) is 4.00. The zero-order valence-corrected chi connectivity index (χ0v) is 20.9. The van der Waals surface area contributed by atoms with Gasteiger partial charge in [0.05, 0.1) is 0 Å². The smallest absolute Gasteiger partial charge is 0.302 e. The van der Waals surface area contributed by atoms with Gasteiger partial charge in [0.1, 0.15) is 6.10 Å². The standard InChI is InChI=1S/C28H48O3/c1-6-20-16-22-24-10-9-23(18(2)8-7-15-29)27(24,4)14-12-25(22)28(5)13-11-21(17-26(20)28)31-19(3)30/h18,20-26,29H,6-17H2,1-5H3/t18-,20+,21-,22?,23-,24?,25?,26+,27-,28-/m1/s1. The van der Waals surface area contributed by atoms with Crippen LogP contribution in [0.5, 0.6) is 0 Å². The van der Waals surface area contributed by atoms with Gasteiger partial charge in [0.25, 0.3) is 0 Å². The number of ether oxygens (including phenoxy) is 1. The highest BCUT2D eigenvalue weighted by atomic mass is 16.5. The van der Waals surface area contributed by atoms with E-state index < -0.39 is 0 Å². The molecule has 4 rings (SSSR count). The Balaban J connectivity index is 1.55. The highest BCUT2D eigenvalue weighted by Crippen LogP contribution is 2.69. The van der Waals surface area contributed by atoms with Crippen molar-refractivity contribution in [3.8, 4) is 0 Å². The lowest BCUT2D eigenvalue weighted by atomic mass is 9.42. The molecule has 3 nitrogen and oxygen atoms in total. The molecule has 1 N–H and O–H groups in total. The van der Waals surface area contributed by atoms with E-state index in [-0.39, 0.29) is 12.1 Å². The third-order valence-corrected chi connectivity index (χ3v) is 11.2. The molecule has 0 amide bonds. The summed E-state index contributed by atoms with van der Waals surface area (Å²) in [5.74, 6) is 5.65. The van der Waals surface area contributed by atoms with Gasteiger partial charge in [-0.25, -0.2) is 0 Å². The fraction of sp³-hybridized carbons (Fsp3) is 0.964. The molecule has 0 bridgehead atoms. The summed E-state index contributed by atoms with van der Waals surface area (Å²) in [6.45, 7) is 12.0. The molecule has 0 aliphatic heterocycles. The Bertz CT molecular complexity index is 646. The van der Waals surface area contributed by atoms with E-state index in [1.165, 1.54) is 51.4 Å². The number of fused-ring (bicyclic) bond motifs is 5. The van der Waals surface area contributed by atoms with Crippen LogP contribution in [0, 0.1) is 52.3 Å². The number of aliphatic hydroxyl groups excluding tert-OH is 1. The minimum atomic E-state index is -0.101. The van der Waals surface area contributed by atoms with Crippen molar-refractivity contribution in [2.45, 2.75) is 111 Å². The predicted molar refractivity (Wildman–Crippen MR) is 125 cm³/mol. The van der Waals surface area contributed by atoms with Crippen molar-refractivity contribution in [2.24, 2.45) is 52.3 Å². The van der Waals surface area contributed by atoms with Gasteiger partial charge in [-0.3, -0.25) is 4.79 Å². The summed E-state index contributed by atoms with van der Waals surface area (Å²) < 4.78 is 5.72. The molecule has 0 heterocycles. The summed E-state index contributed by atoms with van der Waals surface area (Å²) >= 11 is 0. The van der Waals surface area contributed by atoms with Crippen LogP contribution in [-0.4, -0.2) is 23.8 Å². The normalized spacial score (nSPS) is 47.7. The molecule has 0 saturated heterocycles. The molecule has 10 atom stereocenters. The van der Waals surface area contributed by atoms with Crippen LogP contribution < -0.4 is 0 Å². The maximum absolute atomic E-state index is 11.6. The van der Waals surface area contributed by atoms with E-state index in [1.54, 1.807) is 6.92 Å². The zero-order chi connectivity index (χ0) is 22.4. The quantitative estimate of drug-likeness (QED) is 0.480. The Morgan fingerprint density at radius 2 is 1.74 bits per heavy atom. The van der Waals surface area contributed by atoms with Crippen molar-refractivity contribution in [2.75, 3.05) is 6.61 Å². The summed E-state index contributed by atoms with van der Waals surface area (Å²) in [5, 5.41) is 9.34. The first-order valence-electron chi connectivity index (χ1n) is 13.5. The number of hydrogen-bond acceptors (Lipinski definition) is 3. The van der Waals surface area contributed by atoms with Gasteiger partial charge in [-0.1, -0.05) is 34.1 Å². The second-order valence-corrected chi connectivity index (χ2v) is 12.5. The lowest BCUT2D eigenvalue weighted by molar-refractivity contribution is -0.170. The van der Waals surface area contributed by atoms with Gasteiger partial charge >= 0.3 is 5.97 Å². The van der Waals surface area contributed by atoms with Gasteiger partial charge in [-0.2, -0.15) is 0 Å². The molecular formula is C28H48O3. The van der Waals surface area contributed by atoms with Crippen LogP contribution in [0.1, 0.15) is 105 Å². The van der Waals surface area contributed by atoms with Crippen molar-refractivity contribution < 1.29 is 14.6 Å². The van der Waals surface area contributed by atoms with E-state index in [0.717, 1.165) is 60.7 Å². The number of esters is 1. The van der Waals surface area contributed by atoms with Gasteiger partial charge in [-0.15, -0.1) is 0 Å². The molecule has 0 radical (unpaired) electrons. The van der Waals surface area contributed by atoms with Crippen molar-refractivity contribution in [1.82, 2.24) is 0 Å². The number of hydrogen-bond donors (Lipinski definition) is 1. The van der Waals surface area contributed by atoms with Gasteiger partial charge in [0, 0.05) is 13.5 Å². The Labute approximate surface area is 191 Å². The minimum absolute atomic E-state index is 0.101. The maximum atomic E-state index is 11.6. The molecule has 4 fully saturated rings. The second kappa shape index (κ2) is 8.99. The molecule has 0 aromatic rings. The van der Waals surface area contributed by atoms with Gasteiger partial charge < -0.3 is 9.84 Å². The van der Waals surface area contributed by atoms with Crippen molar-refractivity contribution in [3.63, 3.8) is 0 Å². The number of rotatable bonds is 6. The number of carbonyl (C=O) groups is 1. The predicted octanol–water partition coefficient (Wildman–Crippen LogP) is 6.62. The maximum Gasteiger partial charge on any atom is 0.302 e. The zero-order valence-electron chi connectivity index (χ0n) is 20.9. The Hall–Kier alpha value is -0.570. The molecular weight excluding hydrogens is 384 g/mol. The van der Waals surface area contributed by atoms with Gasteiger partial charge in [0.15, 0.2) is 0 Å². The molecule has 0 aromatic heterocycles. The lowest BCUT2D eigenvalue weighted by Crippen LogP contribution is -2.57. The van der Waals surface area contributed by atoms with Crippen molar-refractivity contribution in [3.05, 3.63) is 0 Å². The molecule has 4 aliphatic rings. The van der Waals surface area contributed by atoms with E-state index in [9.17, 15) is 9.90 Å². The first-order chi connectivity index (χ1) is 14.7. The Morgan fingerprint density at radius 1 is 1.03 bits per heavy atom. The number of carbonyl (C=O) groups excluding carboxylic acids is 1. The summed E-state index contributed by atoms with van der Waals surface area (Å²) in [7, 11) is 0. The summed E-state index contributed by atoms with van der Waals surface area (Å²) in [6, 6.07) is 0. The summed E-state index contributed by atoms with van der Waals surface area (Å²) in [4.78, 5) is 11.6. The molecule has 3 unspecified atom stereocenters. The van der Waals surface area contributed by atoms with Crippen LogP contribution in [-0.2, 0) is 9.53 Å². The molecule has 31 heavy (non-hydrogen) atoms. The van der Waals surface area contributed by atoms with Crippen LogP contribution in [0.2, 0.25) is 0 Å². The highest BCUT2D eigenvalue weighted by Gasteiger charge is 2.62. The summed E-state index contributed by atoms with van der Waals surface area (Å²) in [5.41, 5.74) is 0.939. The summed E-state index contributed by atoms with van der Waals surface area (Å²) in [6.07, 6.45) is 14.0. The van der Waals surface area contributed by atoms with Crippen molar-refractivity contribution in [1.29, 1.82) is 0 Å². The van der Waals surface area contributed by atoms with Crippen LogP contribution in [0.3, 0.4) is 0 Å². The average Bonchev–Trinajstić information content (AvgIpc) is 3.09. The van der Waals surface area contributed by atoms with Crippen LogP contribution in [0.4, 0.5) is 0 Å². The molecule has 4 aliphatic carbocycles. The molecule has 3 heteroatoms. The fourth-order valence-corrected chi connectivity index (χ4v) is 9.85. The molecule has 0 spiro atoms. The van der Waals surface area contributed by atoms with E-state index in [4.69, 9.17) is 4.74 Å². The van der Waals surface area contributed by atoms with E-state index in [1.807, 2.05) is 0 Å². The fourth-order valence-electron chi connectivity index (χ4n) is 9.85. The van der Waals surface area contributed by atoms with Crippen LogP contribution >= 0.6 is 0 Å². The van der Waals surface area contributed by atoms with Crippen molar-refractivity contribution >= 4 is 5.97 Å². The van der Waals surface area contributed by atoms with Gasteiger partial charge in [0.2, 0.25) is 0 Å². The van der Waals surface area contributed by atoms with Crippen LogP contribution in [0.15, 0.2) is 0 Å². The first kappa shape index (κ1) is 23.6. The molecule has 4 saturated carbocycles. The Morgan fingerprint density at radius 3 is 2.42 bits per heavy atom. The third-order valence-electron chi connectivity index (χ3n) is 11.2. The largest absolute Gasteiger partial charge is 0.463 e. The molecule has 0 aromatic carbocycles. The van der Waals surface area contributed by atoms with E-state index in [2.05, 4.69) is 27.7 Å². The first-order valence-corrected chi connectivity index (χ1v) is 13.5. The topological polar surface area (TPSA) is 46.5 Å². The lowest BCUT2D eigenvalue weighted by Gasteiger charge is -2.63. The van der Waals surface area contributed by atoms with E-state index in [0.29, 0.717) is 17.4 Å². The monoisotopic (exact) mass is 432 g/mol. The molecule has 178 valence electrons.